The number of anilines is 2. The van der Waals surface area contributed by atoms with E-state index in [0.29, 0.717) is 6.54 Å². The highest BCUT2D eigenvalue weighted by molar-refractivity contribution is 5.92. The fourth-order valence-electron chi connectivity index (χ4n) is 2.94. The lowest BCUT2D eigenvalue weighted by atomic mass is 10.2. The molecule has 0 saturated carbocycles. The Balaban J connectivity index is 1.69. The Morgan fingerprint density at radius 2 is 1.83 bits per heavy atom. The van der Waals surface area contributed by atoms with E-state index < -0.39 is 0 Å². The van der Waals surface area contributed by atoms with Gasteiger partial charge in [-0.1, -0.05) is 12.8 Å². The van der Waals surface area contributed by atoms with E-state index in [2.05, 4.69) is 27.7 Å². The molecule has 0 aromatic heterocycles. The molecule has 1 aromatic carbocycles. The highest BCUT2D eigenvalue weighted by atomic mass is 16.5. The molecule has 0 atom stereocenters. The lowest BCUT2D eigenvalue weighted by Crippen LogP contribution is -2.29. The third-order valence-corrected chi connectivity index (χ3v) is 4.25. The number of hydrogen-bond donors (Lipinski definition) is 2. The van der Waals surface area contributed by atoms with Gasteiger partial charge in [0.05, 0.1) is 6.54 Å². The molecule has 1 heterocycles. The summed E-state index contributed by atoms with van der Waals surface area (Å²) in [5.74, 6) is -0.00562. The van der Waals surface area contributed by atoms with Gasteiger partial charge < -0.3 is 20.3 Å². The average Bonchev–Trinajstić information content (AvgIpc) is 2.88. The van der Waals surface area contributed by atoms with Crippen molar-refractivity contribution < 1.29 is 9.53 Å². The molecule has 2 N–H and O–H groups in total. The van der Waals surface area contributed by atoms with E-state index in [9.17, 15) is 4.79 Å². The van der Waals surface area contributed by atoms with Gasteiger partial charge in [0.2, 0.25) is 5.91 Å². The molecule has 0 bridgehead atoms. The van der Waals surface area contributed by atoms with Gasteiger partial charge in [0.25, 0.3) is 0 Å². The van der Waals surface area contributed by atoms with Gasteiger partial charge in [-0.05, 0) is 57.0 Å². The van der Waals surface area contributed by atoms with Gasteiger partial charge in [0, 0.05) is 37.7 Å². The van der Waals surface area contributed by atoms with Crippen LogP contribution < -0.4 is 15.5 Å². The van der Waals surface area contributed by atoms with Crippen LogP contribution in [0.3, 0.4) is 0 Å². The maximum absolute atomic E-state index is 11.9. The number of carbonyl (C=O) groups excluding carboxylic acids is 1. The third-order valence-electron chi connectivity index (χ3n) is 4.25. The maximum Gasteiger partial charge on any atom is 0.238 e. The number of benzene rings is 1. The van der Waals surface area contributed by atoms with Crippen molar-refractivity contribution in [1.29, 1.82) is 0 Å². The SMILES string of the molecule is CCOCCCNCC(=O)Nc1ccc(N2CCCCCC2)cc1. The van der Waals surface area contributed by atoms with E-state index in [1.165, 1.54) is 31.4 Å². The smallest absolute Gasteiger partial charge is 0.238 e. The molecule has 1 aliphatic heterocycles. The van der Waals surface area contributed by atoms with E-state index in [4.69, 9.17) is 4.74 Å². The van der Waals surface area contributed by atoms with Gasteiger partial charge in [-0.25, -0.2) is 0 Å². The summed E-state index contributed by atoms with van der Waals surface area (Å²) in [4.78, 5) is 14.4. The highest BCUT2D eigenvalue weighted by Gasteiger charge is 2.10. The summed E-state index contributed by atoms with van der Waals surface area (Å²) in [6.45, 7) is 6.87. The van der Waals surface area contributed by atoms with Gasteiger partial charge in [-0.15, -0.1) is 0 Å². The van der Waals surface area contributed by atoms with Gasteiger partial charge in [-0.2, -0.15) is 0 Å². The number of carbonyl (C=O) groups is 1. The molecular formula is C19H31N3O2. The summed E-state index contributed by atoms with van der Waals surface area (Å²) >= 11 is 0. The summed E-state index contributed by atoms with van der Waals surface area (Å²) in [5.41, 5.74) is 2.11. The lowest BCUT2D eigenvalue weighted by Gasteiger charge is -2.22. The van der Waals surface area contributed by atoms with Gasteiger partial charge in [0.15, 0.2) is 0 Å². The maximum atomic E-state index is 11.9. The summed E-state index contributed by atoms with van der Waals surface area (Å²) < 4.78 is 5.26. The fraction of sp³-hybridized carbons (Fsp3) is 0.632. The minimum absolute atomic E-state index is 0.00562. The van der Waals surface area contributed by atoms with Crippen LogP contribution in [-0.4, -0.2) is 45.3 Å². The molecule has 1 saturated heterocycles. The zero-order chi connectivity index (χ0) is 17.0. The van der Waals surface area contributed by atoms with E-state index in [1.807, 2.05) is 19.1 Å². The number of nitrogens with zero attached hydrogens (tertiary/aromatic N) is 1. The monoisotopic (exact) mass is 333 g/mol. The molecule has 1 aliphatic rings. The first kappa shape index (κ1) is 18.7. The Kier molecular flexibility index (Phi) is 8.63. The lowest BCUT2D eigenvalue weighted by molar-refractivity contribution is -0.115. The molecule has 0 aliphatic carbocycles. The Bertz CT molecular complexity index is 468. The van der Waals surface area contributed by atoms with Crippen LogP contribution in [0.25, 0.3) is 0 Å². The fourth-order valence-corrected chi connectivity index (χ4v) is 2.94. The first-order valence-electron chi connectivity index (χ1n) is 9.23. The van der Waals surface area contributed by atoms with Crippen molar-refractivity contribution in [1.82, 2.24) is 5.32 Å². The molecule has 1 fully saturated rings. The molecular weight excluding hydrogens is 302 g/mol. The largest absolute Gasteiger partial charge is 0.382 e. The first-order valence-corrected chi connectivity index (χ1v) is 9.23. The first-order chi connectivity index (χ1) is 11.8. The zero-order valence-electron chi connectivity index (χ0n) is 14.9. The van der Waals surface area contributed by atoms with E-state index in [-0.39, 0.29) is 5.91 Å². The summed E-state index contributed by atoms with van der Waals surface area (Å²) in [5, 5.41) is 6.07. The number of rotatable bonds is 9. The molecule has 0 radical (unpaired) electrons. The Morgan fingerprint density at radius 3 is 2.50 bits per heavy atom. The number of amides is 1. The third kappa shape index (κ3) is 6.89. The second-order valence-electron chi connectivity index (χ2n) is 6.22. The molecule has 5 heteroatoms. The second kappa shape index (κ2) is 11.0. The molecule has 0 unspecified atom stereocenters. The molecule has 24 heavy (non-hydrogen) atoms. The van der Waals surface area contributed by atoms with Crippen molar-refractivity contribution in [2.75, 3.05) is 49.6 Å². The topological polar surface area (TPSA) is 53.6 Å². The predicted molar refractivity (Wildman–Crippen MR) is 99.7 cm³/mol. The van der Waals surface area contributed by atoms with Crippen LogP contribution in [0.2, 0.25) is 0 Å². The normalized spacial score (nSPS) is 15.1. The Morgan fingerprint density at radius 1 is 1.12 bits per heavy atom. The minimum atomic E-state index is -0.00562. The van der Waals surface area contributed by atoms with E-state index in [0.717, 1.165) is 45.0 Å². The van der Waals surface area contributed by atoms with Crippen LogP contribution in [0.15, 0.2) is 24.3 Å². The van der Waals surface area contributed by atoms with Gasteiger partial charge >= 0.3 is 0 Å². The predicted octanol–water partition coefficient (Wildman–Crippen LogP) is 3.02. The quantitative estimate of drug-likeness (QED) is 0.682. The molecule has 2 rings (SSSR count). The molecule has 1 aromatic rings. The van der Waals surface area contributed by atoms with E-state index in [1.54, 1.807) is 0 Å². The number of ether oxygens (including phenoxy) is 1. The van der Waals surface area contributed by atoms with Crippen molar-refractivity contribution in [2.24, 2.45) is 0 Å². The Hall–Kier alpha value is -1.59. The standard InChI is InChI=1S/C19H31N3O2/c1-2-24-15-7-12-20-16-19(23)21-17-8-10-18(11-9-17)22-13-5-3-4-6-14-22/h8-11,20H,2-7,12-16H2,1H3,(H,21,23). The van der Waals surface area contributed by atoms with Crippen molar-refractivity contribution >= 4 is 17.3 Å². The van der Waals surface area contributed by atoms with Crippen LogP contribution >= 0.6 is 0 Å². The Labute approximate surface area is 145 Å². The van der Waals surface area contributed by atoms with Crippen LogP contribution in [0, 0.1) is 0 Å². The van der Waals surface area contributed by atoms with Crippen LogP contribution in [-0.2, 0) is 9.53 Å². The molecule has 0 spiro atoms. The minimum Gasteiger partial charge on any atom is -0.382 e. The van der Waals surface area contributed by atoms with Crippen LogP contribution in [0.5, 0.6) is 0 Å². The zero-order valence-corrected chi connectivity index (χ0v) is 14.9. The van der Waals surface area contributed by atoms with Crippen molar-refractivity contribution in [2.45, 2.75) is 39.0 Å². The average molecular weight is 333 g/mol. The number of nitrogens with one attached hydrogen (secondary N) is 2. The summed E-state index contributed by atoms with van der Waals surface area (Å²) in [6.07, 6.45) is 6.14. The van der Waals surface area contributed by atoms with E-state index >= 15 is 0 Å². The van der Waals surface area contributed by atoms with Crippen molar-refractivity contribution in [3.05, 3.63) is 24.3 Å². The molecule has 134 valence electrons. The summed E-state index contributed by atoms with van der Waals surface area (Å²) in [7, 11) is 0. The van der Waals surface area contributed by atoms with Crippen molar-refractivity contribution in [3.8, 4) is 0 Å². The van der Waals surface area contributed by atoms with Crippen molar-refractivity contribution in [3.63, 3.8) is 0 Å². The summed E-state index contributed by atoms with van der Waals surface area (Å²) in [6, 6.07) is 8.20. The second-order valence-corrected chi connectivity index (χ2v) is 6.22. The van der Waals surface area contributed by atoms with Crippen LogP contribution in [0.1, 0.15) is 39.0 Å². The van der Waals surface area contributed by atoms with Crippen LogP contribution in [0.4, 0.5) is 11.4 Å². The highest BCUT2D eigenvalue weighted by Crippen LogP contribution is 2.21. The number of hydrogen-bond acceptors (Lipinski definition) is 4. The van der Waals surface area contributed by atoms with Gasteiger partial charge in [0.1, 0.15) is 0 Å². The van der Waals surface area contributed by atoms with Gasteiger partial charge in [-0.3, -0.25) is 4.79 Å². The molecule has 1 amide bonds. The molecule has 5 nitrogen and oxygen atoms in total.